The summed E-state index contributed by atoms with van der Waals surface area (Å²) in [5.74, 6) is 0. The van der Waals surface area contributed by atoms with Crippen LogP contribution in [-0.4, -0.2) is 6.29 Å². The predicted molar refractivity (Wildman–Crippen MR) is 71.3 cm³/mol. The molecular weight excluding hydrogens is 208 g/mol. The lowest BCUT2D eigenvalue weighted by Crippen LogP contribution is -2.27. The van der Waals surface area contributed by atoms with E-state index < -0.39 is 0 Å². The maximum atomic E-state index is 11.7. The van der Waals surface area contributed by atoms with E-state index in [1.807, 2.05) is 13.0 Å². The first-order valence-electron chi connectivity index (χ1n) is 6.12. The largest absolute Gasteiger partial charge is 0.302 e. The third kappa shape index (κ3) is 1.84. The number of hydrogen-bond donors (Lipinski definition) is 0. The van der Waals surface area contributed by atoms with E-state index in [1.165, 1.54) is 11.1 Å². The molecule has 1 aromatic carbocycles. The molecule has 0 heterocycles. The molecule has 0 fully saturated rings. The Morgan fingerprint density at radius 3 is 2.47 bits per heavy atom. The standard InChI is InChI=1S/C16H20O/c1-12(2)9-16(11-17)10-15(3,4)13-7-5-6-8-14(13)16/h5-8,11H,1,9-10H2,2-4H3. The number of allylic oxidation sites excluding steroid dienone is 1. The molecule has 0 amide bonds. The molecule has 0 aliphatic heterocycles. The van der Waals surface area contributed by atoms with E-state index in [4.69, 9.17) is 0 Å². The Bertz CT molecular complexity index is 470. The molecule has 1 heteroatoms. The molecule has 1 atom stereocenters. The van der Waals surface area contributed by atoms with Crippen LogP contribution in [0.3, 0.4) is 0 Å². The van der Waals surface area contributed by atoms with E-state index in [-0.39, 0.29) is 10.8 Å². The summed E-state index contributed by atoms with van der Waals surface area (Å²) in [4.78, 5) is 11.7. The van der Waals surface area contributed by atoms with E-state index in [1.54, 1.807) is 0 Å². The first kappa shape index (κ1) is 12.1. The average molecular weight is 228 g/mol. The van der Waals surface area contributed by atoms with Crippen molar-refractivity contribution in [2.75, 3.05) is 0 Å². The van der Waals surface area contributed by atoms with Crippen LogP contribution in [0.1, 0.15) is 44.7 Å². The van der Waals surface area contributed by atoms with Crippen molar-refractivity contribution < 1.29 is 4.79 Å². The van der Waals surface area contributed by atoms with Crippen LogP contribution in [0.5, 0.6) is 0 Å². The lowest BCUT2D eigenvalue weighted by atomic mass is 9.76. The van der Waals surface area contributed by atoms with Crippen molar-refractivity contribution in [3.8, 4) is 0 Å². The van der Waals surface area contributed by atoms with Crippen LogP contribution in [0.4, 0.5) is 0 Å². The number of benzene rings is 1. The maximum Gasteiger partial charge on any atom is 0.130 e. The van der Waals surface area contributed by atoms with Crippen LogP contribution < -0.4 is 0 Å². The van der Waals surface area contributed by atoms with Gasteiger partial charge >= 0.3 is 0 Å². The van der Waals surface area contributed by atoms with Gasteiger partial charge in [0.05, 0.1) is 5.41 Å². The quantitative estimate of drug-likeness (QED) is 0.568. The van der Waals surface area contributed by atoms with Crippen molar-refractivity contribution in [2.45, 2.75) is 44.4 Å². The molecule has 1 unspecified atom stereocenters. The molecular formula is C16H20O. The van der Waals surface area contributed by atoms with Gasteiger partial charge in [-0.1, -0.05) is 43.7 Å². The molecule has 0 bridgehead atoms. The fraction of sp³-hybridized carbons (Fsp3) is 0.438. The number of aldehydes is 1. The first-order chi connectivity index (χ1) is 7.91. The lowest BCUT2D eigenvalue weighted by Gasteiger charge is -2.26. The summed E-state index contributed by atoms with van der Waals surface area (Å²) in [6.45, 7) is 10.4. The van der Waals surface area contributed by atoms with Crippen molar-refractivity contribution in [3.05, 3.63) is 47.5 Å². The van der Waals surface area contributed by atoms with Gasteiger partial charge in [0.1, 0.15) is 6.29 Å². The van der Waals surface area contributed by atoms with Crippen LogP contribution >= 0.6 is 0 Å². The predicted octanol–water partition coefficient (Wildman–Crippen LogP) is 3.77. The SMILES string of the molecule is C=C(C)CC1(C=O)CC(C)(C)c2ccccc21. The zero-order valence-electron chi connectivity index (χ0n) is 10.9. The summed E-state index contributed by atoms with van der Waals surface area (Å²) in [6.07, 6.45) is 2.78. The van der Waals surface area contributed by atoms with Gasteiger partial charge in [-0.3, -0.25) is 0 Å². The van der Waals surface area contributed by atoms with E-state index in [0.29, 0.717) is 0 Å². The van der Waals surface area contributed by atoms with Crippen LogP contribution in [-0.2, 0) is 15.6 Å². The van der Waals surface area contributed by atoms with Crippen molar-refractivity contribution in [1.82, 2.24) is 0 Å². The molecule has 0 N–H and O–H groups in total. The molecule has 1 aromatic rings. The Balaban J connectivity index is 2.59. The van der Waals surface area contributed by atoms with Crippen LogP contribution in [0.25, 0.3) is 0 Å². The molecule has 17 heavy (non-hydrogen) atoms. The van der Waals surface area contributed by atoms with Gasteiger partial charge in [0, 0.05) is 0 Å². The minimum Gasteiger partial charge on any atom is -0.302 e. The van der Waals surface area contributed by atoms with Crippen molar-refractivity contribution in [3.63, 3.8) is 0 Å². The normalized spacial score (nSPS) is 25.4. The number of carbonyl (C=O) groups excluding carboxylic acids is 1. The van der Waals surface area contributed by atoms with Crippen molar-refractivity contribution in [1.29, 1.82) is 0 Å². The van der Waals surface area contributed by atoms with Gasteiger partial charge in [-0.15, -0.1) is 6.58 Å². The summed E-state index contributed by atoms with van der Waals surface area (Å²) in [5.41, 5.74) is 3.31. The number of hydrogen-bond acceptors (Lipinski definition) is 1. The molecule has 0 radical (unpaired) electrons. The van der Waals surface area contributed by atoms with Gasteiger partial charge in [-0.05, 0) is 36.3 Å². The van der Waals surface area contributed by atoms with Crippen molar-refractivity contribution in [2.24, 2.45) is 0 Å². The summed E-state index contributed by atoms with van der Waals surface area (Å²) < 4.78 is 0. The second-order valence-corrected chi connectivity index (χ2v) is 6.01. The van der Waals surface area contributed by atoms with Gasteiger partial charge in [-0.25, -0.2) is 0 Å². The highest BCUT2D eigenvalue weighted by Gasteiger charge is 2.47. The zero-order valence-corrected chi connectivity index (χ0v) is 10.9. The fourth-order valence-electron chi connectivity index (χ4n) is 3.33. The Labute approximate surface area is 104 Å². The van der Waals surface area contributed by atoms with Gasteiger partial charge in [0.25, 0.3) is 0 Å². The topological polar surface area (TPSA) is 17.1 Å². The molecule has 90 valence electrons. The number of carbonyl (C=O) groups is 1. The molecule has 0 aromatic heterocycles. The van der Waals surface area contributed by atoms with Gasteiger partial charge in [0.15, 0.2) is 0 Å². The molecule has 1 nitrogen and oxygen atoms in total. The molecule has 2 rings (SSSR count). The molecule has 0 spiro atoms. The summed E-state index contributed by atoms with van der Waals surface area (Å²) in [5, 5.41) is 0. The Morgan fingerprint density at radius 2 is 1.94 bits per heavy atom. The minimum atomic E-state index is -0.355. The summed E-state index contributed by atoms with van der Waals surface area (Å²) in [6, 6.07) is 8.33. The number of fused-ring (bicyclic) bond motifs is 1. The Kier molecular flexibility index (Phi) is 2.73. The van der Waals surface area contributed by atoms with Crippen LogP contribution in [0, 0.1) is 0 Å². The second-order valence-electron chi connectivity index (χ2n) is 6.01. The van der Waals surface area contributed by atoms with E-state index in [0.717, 1.165) is 24.7 Å². The molecule has 1 aliphatic carbocycles. The van der Waals surface area contributed by atoms with E-state index >= 15 is 0 Å². The Morgan fingerprint density at radius 1 is 1.35 bits per heavy atom. The van der Waals surface area contributed by atoms with Crippen LogP contribution in [0.2, 0.25) is 0 Å². The highest BCUT2D eigenvalue weighted by Crippen LogP contribution is 2.50. The third-order valence-corrected chi connectivity index (χ3v) is 3.79. The smallest absolute Gasteiger partial charge is 0.130 e. The molecule has 0 saturated heterocycles. The van der Waals surface area contributed by atoms with E-state index in [9.17, 15) is 4.79 Å². The molecule has 0 saturated carbocycles. The summed E-state index contributed by atoms with van der Waals surface area (Å²) in [7, 11) is 0. The molecule has 1 aliphatic rings. The van der Waals surface area contributed by atoms with Gasteiger partial charge in [-0.2, -0.15) is 0 Å². The fourth-order valence-corrected chi connectivity index (χ4v) is 3.33. The number of rotatable bonds is 3. The third-order valence-electron chi connectivity index (χ3n) is 3.79. The van der Waals surface area contributed by atoms with Gasteiger partial charge < -0.3 is 4.79 Å². The highest BCUT2D eigenvalue weighted by atomic mass is 16.1. The Hall–Kier alpha value is -1.37. The average Bonchev–Trinajstić information content (AvgIpc) is 2.48. The highest BCUT2D eigenvalue weighted by molar-refractivity contribution is 5.73. The van der Waals surface area contributed by atoms with Crippen LogP contribution in [0.15, 0.2) is 36.4 Å². The van der Waals surface area contributed by atoms with Gasteiger partial charge in [0.2, 0.25) is 0 Å². The second kappa shape index (κ2) is 3.83. The monoisotopic (exact) mass is 228 g/mol. The first-order valence-corrected chi connectivity index (χ1v) is 6.12. The van der Waals surface area contributed by atoms with E-state index in [2.05, 4.69) is 38.6 Å². The minimum absolute atomic E-state index is 0.0763. The van der Waals surface area contributed by atoms with Crippen molar-refractivity contribution >= 4 is 6.29 Å². The maximum absolute atomic E-state index is 11.7. The summed E-state index contributed by atoms with van der Waals surface area (Å²) >= 11 is 0. The zero-order chi connectivity index (χ0) is 12.7. The lowest BCUT2D eigenvalue weighted by molar-refractivity contribution is -0.112.